The number of aromatic nitrogens is 3. The number of nitrogens with zero attached hydrogens (tertiary/aromatic N) is 4. The van der Waals surface area contributed by atoms with E-state index in [1.165, 1.54) is 6.33 Å². The van der Waals surface area contributed by atoms with E-state index in [1.54, 1.807) is 4.68 Å². The van der Waals surface area contributed by atoms with Crippen molar-refractivity contribution < 1.29 is 4.79 Å². The highest BCUT2D eigenvalue weighted by molar-refractivity contribution is 5.92. The Kier molecular flexibility index (Phi) is 7.00. The minimum Gasteiger partial charge on any atom is -0.357 e. The van der Waals surface area contributed by atoms with Crippen LogP contribution in [0.15, 0.2) is 35.6 Å². The lowest BCUT2D eigenvalue weighted by Gasteiger charge is -2.12. The zero-order valence-electron chi connectivity index (χ0n) is 16.6. The number of benzene rings is 1. The number of nitrogens with one attached hydrogen (secondary N) is 3. The summed E-state index contributed by atoms with van der Waals surface area (Å²) in [6.07, 6.45) is 5.84. The van der Waals surface area contributed by atoms with E-state index in [9.17, 15) is 4.79 Å². The number of amides is 1. The van der Waals surface area contributed by atoms with E-state index in [1.807, 2.05) is 38.2 Å². The van der Waals surface area contributed by atoms with Crippen LogP contribution in [0.5, 0.6) is 0 Å². The molecule has 8 heteroatoms. The van der Waals surface area contributed by atoms with Crippen molar-refractivity contribution in [3.63, 3.8) is 0 Å². The molecule has 0 bridgehead atoms. The van der Waals surface area contributed by atoms with E-state index in [4.69, 9.17) is 0 Å². The SMILES string of the molecule is CCNC(=NCc1cccc(NC(=O)C2CCCC2)c1)NCc1ncnn1C. The third-order valence-corrected chi connectivity index (χ3v) is 4.90. The van der Waals surface area contributed by atoms with Crippen LogP contribution in [-0.4, -0.2) is 33.2 Å². The molecule has 28 heavy (non-hydrogen) atoms. The fourth-order valence-corrected chi connectivity index (χ4v) is 3.33. The van der Waals surface area contributed by atoms with Gasteiger partial charge in [-0.2, -0.15) is 5.10 Å². The molecule has 1 aromatic carbocycles. The van der Waals surface area contributed by atoms with Gasteiger partial charge < -0.3 is 16.0 Å². The number of hydrogen-bond acceptors (Lipinski definition) is 4. The molecule has 2 aromatic rings. The van der Waals surface area contributed by atoms with E-state index in [-0.39, 0.29) is 11.8 Å². The topological polar surface area (TPSA) is 96.2 Å². The normalized spacial score (nSPS) is 14.9. The van der Waals surface area contributed by atoms with Crippen LogP contribution < -0.4 is 16.0 Å². The second kappa shape index (κ2) is 9.87. The highest BCUT2D eigenvalue weighted by Gasteiger charge is 2.22. The first-order chi connectivity index (χ1) is 13.7. The van der Waals surface area contributed by atoms with Gasteiger partial charge in [-0.25, -0.2) is 9.98 Å². The lowest BCUT2D eigenvalue weighted by molar-refractivity contribution is -0.119. The van der Waals surface area contributed by atoms with Gasteiger partial charge in [-0.15, -0.1) is 0 Å². The van der Waals surface area contributed by atoms with E-state index in [2.05, 4.69) is 31.0 Å². The molecule has 0 spiro atoms. The quantitative estimate of drug-likeness (QED) is 0.503. The van der Waals surface area contributed by atoms with Gasteiger partial charge in [0.2, 0.25) is 5.91 Å². The number of anilines is 1. The Morgan fingerprint density at radius 1 is 1.29 bits per heavy atom. The van der Waals surface area contributed by atoms with Gasteiger partial charge in [-0.1, -0.05) is 25.0 Å². The van der Waals surface area contributed by atoms with E-state index in [0.717, 1.165) is 49.3 Å². The summed E-state index contributed by atoms with van der Waals surface area (Å²) in [5.74, 6) is 1.84. The van der Waals surface area contributed by atoms with Crippen molar-refractivity contribution in [2.45, 2.75) is 45.7 Å². The molecule has 150 valence electrons. The molecule has 0 aliphatic heterocycles. The highest BCUT2D eigenvalue weighted by atomic mass is 16.1. The first-order valence-corrected chi connectivity index (χ1v) is 9.90. The highest BCUT2D eigenvalue weighted by Crippen LogP contribution is 2.26. The monoisotopic (exact) mass is 383 g/mol. The van der Waals surface area contributed by atoms with Crippen molar-refractivity contribution in [1.82, 2.24) is 25.4 Å². The molecule has 1 aliphatic carbocycles. The third-order valence-electron chi connectivity index (χ3n) is 4.90. The number of rotatable bonds is 7. The molecule has 1 aromatic heterocycles. The number of carbonyl (C=O) groups is 1. The number of aliphatic imine (C=N–C) groups is 1. The molecular weight excluding hydrogens is 354 g/mol. The van der Waals surface area contributed by atoms with Crippen molar-refractivity contribution in [3.8, 4) is 0 Å². The Bertz CT molecular complexity index is 808. The molecule has 3 rings (SSSR count). The summed E-state index contributed by atoms with van der Waals surface area (Å²) in [5, 5.41) is 13.6. The van der Waals surface area contributed by atoms with Crippen LogP contribution in [0, 0.1) is 5.92 Å². The maximum absolute atomic E-state index is 12.3. The van der Waals surface area contributed by atoms with Gasteiger partial charge in [0.1, 0.15) is 12.2 Å². The second-order valence-electron chi connectivity index (χ2n) is 7.02. The zero-order chi connectivity index (χ0) is 19.8. The molecule has 1 aliphatic rings. The third kappa shape index (κ3) is 5.55. The van der Waals surface area contributed by atoms with Crippen LogP contribution in [-0.2, 0) is 24.9 Å². The van der Waals surface area contributed by atoms with Gasteiger partial charge >= 0.3 is 0 Å². The van der Waals surface area contributed by atoms with Crippen LogP contribution in [0.4, 0.5) is 5.69 Å². The van der Waals surface area contributed by atoms with Gasteiger partial charge in [0, 0.05) is 25.2 Å². The van der Waals surface area contributed by atoms with Crippen LogP contribution in [0.1, 0.15) is 44.0 Å². The van der Waals surface area contributed by atoms with E-state index in [0.29, 0.717) is 19.0 Å². The number of carbonyl (C=O) groups excluding carboxylic acids is 1. The van der Waals surface area contributed by atoms with Crippen molar-refractivity contribution >= 4 is 17.6 Å². The number of aryl methyl sites for hydroxylation is 1. The fourth-order valence-electron chi connectivity index (χ4n) is 3.33. The lowest BCUT2D eigenvalue weighted by Crippen LogP contribution is -2.37. The summed E-state index contributed by atoms with van der Waals surface area (Å²) >= 11 is 0. The number of hydrogen-bond donors (Lipinski definition) is 3. The van der Waals surface area contributed by atoms with Crippen LogP contribution >= 0.6 is 0 Å². The summed E-state index contributed by atoms with van der Waals surface area (Å²) in [6.45, 7) is 3.85. The molecule has 1 heterocycles. The van der Waals surface area contributed by atoms with E-state index < -0.39 is 0 Å². The minimum atomic E-state index is 0.136. The van der Waals surface area contributed by atoms with Gasteiger partial charge in [-0.3, -0.25) is 9.48 Å². The first-order valence-electron chi connectivity index (χ1n) is 9.90. The predicted molar refractivity (Wildman–Crippen MR) is 110 cm³/mol. The van der Waals surface area contributed by atoms with Crippen molar-refractivity contribution in [2.24, 2.45) is 18.0 Å². The summed E-state index contributed by atoms with van der Waals surface area (Å²) in [5.41, 5.74) is 1.88. The summed E-state index contributed by atoms with van der Waals surface area (Å²) in [6, 6.07) is 7.89. The molecule has 0 unspecified atom stereocenters. The van der Waals surface area contributed by atoms with Crippen LogP contribution in [0.25, 0.3) is 0 Å². The lowest BCUT2D eigenvalue weighted by atomic mass is 10.1. The van der Waals surface area contributed by atoms with Crippen molar-refractivity contribution in [2.75, 3.05) is 11.9 Å². The molecule has 3 N–H and O–H groups in total. The summed E-state index contributed by atoms with van der Waals surface area (Å²) in [4.78, 5) is 21.2. The van der Waals surface area contributed by atoms with Crippen molar-refractivity contribution in [3.05, 3.63) is 42.0 Å². The van der Waals surface area contributed by atoms with Gasteiger partial charge in [0.25, 0.3) is 0 Å². The Morgan fingerprint density at radius 2 is 2.11 bits per heavy atom. The minimum absolute atomic E-state index is 0.136. The Balaban J connectivity index is 1.58. The molecular formula is C20H29N7O. The molecule has 1 fully saturated rings. The van der Waals surface area contributed by atoms with Gasteiger partial charge in [-0.05, 0) is 37.5 Å². The summed E-state index contributed by atoms with van der Waals surface area (Å²) < 4.78 is 1.73. The molecule has 1 saturated carbocycles. The maximum atomic E-state index is 12.3. The molecule has 0 radical (unpaired) electrons. The molecule has 1 amide bonds. The Hall–Kier alpha value is -2.90. The largest absolute Gasteiger partial charge is 0.357 e. The maximum Gasteiger partial charge on any atom is 0.227 e. The average Bonchev–Trinajstić information content (AvgIpc) is 3.36. The van der Waals surface area contributed by atoms with Gasteiger partial charge in [0.15, 0.2) is 5.96 Å². The Morgan fingerprint density at radius 3 is 2.82 bits per heavy atom. The molecule has 0 saturated heterocycles. The first kappa shape index (κ1) is 19.9. The van der Waals surface area contributed by atoms with Crippen LogP contribution in [0.3, 0.4) is 0 Å². The van der Waals surface area contributed by atoms with Crippen molar-refractivity contribution in [1.29, 1.82) is 0 Å². The fraction of sp³-hybridized carbons (Fsp3) is 0.500. The van der Waals surface area contributed by atoms with Gasteiger partial charge in [0.05, 0.1) is 13.1 Å². The predicted octanol–water partition coefficient (Wildman–Crippen LogP) is 2.20. The zero-order valence-corrected chi connectivity index (χ0v) is 16.6. The Labute approximate surface area is 165 Å². The molecule has 8 nitrogen and oxygen atoms in total. The van der Waals surface area contributed by atoms with Crippen LogP contribution in [0.2, 0.25) is 0 Å². The average molecular weight is 384 g/mol. The summed E-state index contributed by atoms with van der Waals surface area (Å²) in [7, 11) is 1.86. The standard InChI is InChI=1S/C20H29N7O/c1-3-21-20(23-13-18-24-14-25-27(18)2)22-12-15-7-6-10-17(11-15)26-19(28)16-8-4-5-9-16/h6-7,10-11,14,16H,3-5,8-9,12-13H2,1-2H3,(H,26,28)(H2,21,22,23). The van der Waals surface area contributed by atoms with E-state index >= 15 is 0 Å². The molecule has 0 atom stereocenters. The smallest absolute Gasteiger partial charge is 0.227 e. The second-order valence-corrected chi connectivity index (χ2v) is 7.02. The number of guanidine groups is 1.